The zero-order chi connectivity index (χ0) is 21.3. The van der Waals surface area contributed by atoms with Crippen LogP contribution in [0.4, 0.5) is 4.39 Å². The van der Waals surface area contributed by atoms with Gasteiger partial charge in [0, 0.05) is 32.3 Å². The van der Waals surface area contributed by atoms with E-state index in [0.29, 0.717) is 25.7 Å². The van der Waals surface area contributed by atoms with Crippen molar-refractivity contribution in [2.75, 3.05) is 27.4 Å². The Morgan fingerprint density at radius 2 is 2.00 bits per heavy atom. The molecule has 1 fully saturated rings. The maximum absolute atomic E-state index is 13.9. The number of methoxy groups -OCH3 is 1. The second-order valence-corrected chi connectivity index (χ2v) is 7.31. The number of benzene rings is 2. The number of nitrogens with one attached hydrogen (secondary N) is 2. The molecule has 1 unspecified atom stereocenters. The number of aryl methyl sites for hydroxylation is 1. The molecule has 0 aromatic heterocycles. The van der Waals surface area contributed by atoms with Crippen molar-refractivity contribution in [2.45, 2.75) is 39.0 Å². The van der Waals surface area contributed by atoms with Crippen molar-refractivity contribution in [1.29, 1.82) is 0 Å². The first-order valence-corrected chi connectivity index (χ1v) is 10.2. The van der Waals surface area contributed by atoms with Gasteiger partial charge in [0.2, 0.25) is 0 Å². The summed E-state index contributed by atoms with van der Waals surface area (Å²) >= 11 is 0. The molecule has 0 radical (unpaired) electrons. The maximum Gasteiger partial charge on any atom is 0.191 e. The van der Waals surface area contributed by atoms with E-state index in [-0.39, 0.29) is 17.7 Å². The summed E-state index contributed by atoms with van der Waals surface area (Å²) in [5.41, 5.74) is 2.98. The second kappa shape index (κ2) is 10.8. The van der Waals surface area contributed by atoms with Crippen LogP contribution in [-0.4, -0.2) is 39.4 Å². The highest BCUT2D eigenvalue weighted by Gasteiger charge is 2.17. The number of hydrogen-bond donors (Lipinski definition) is 2. The lowest BCUT2D eigenvalue weighted by atomic mass is 10.1. The van der Waals surface area contributed by atoms with Crippen molar-refractivity contribution < 1.29 is 18.6 Å². The summed E-state index contributed by atoms with van der Waals surface area (Å²) in [6, 6.07) is 11.1. The lowest BCUT2D eigenvalue weighted by Gasteiger charge is -2.17. The van der Waals surface area contributed by atoms with Crippen LogP contribution in [0.5, 0.6) is 11.5 Å². The van der Waals surface area contributed by atoms with Gasteiger partial charge < -0.3 is 24.8 Å². The van der Waals surface area contributed by atoms with Crippen molar-refractivity contribution >= 4 is 5.96 Å². The molecule has 1 atom stereocenters. The van der Waals surface area contributed by atoms with E-state index in [1.165, 1.54) is 13.2 Å². The third-order valence-electron chi connectivity index (χ3n) is 5.02. The first kappa shape index (κ1) is 21.9. The summed E-state index contributed by atoms with van der Waals surface area (Å²) in [5.74, 6) is 1.33. The quantitative estimate of drug-likeness (QED) is 0.510. The molecule has 1 aliphatic rings. The zero-order valence-electron chi connectivity index (χ0n) is 17.8. The van der Waals surface area contributed by atoms with Gasteiger partial charge in [0.25, 0.3) is 0 Å². The number of hydrogen-bond acceptors (Lipinski definition) is 4. The Labute approximate surface area is 177 Å². The van der Waals surface area contributed by atoms with Crippen LogP contribution >= 0.6 is 0 Å². The molecule has 0 saturated carbocycles. The fraction of sp³-hybridized carbons (Fsp3) is 0.435. The highest BCUT2D eigenvalue weighted by molar-refractivity contribution is 5.79. The molecule has 30 heavy (non-hydrogen) atoms. The summed E-state index contributed by atoms with van der Waals surface area (Å²) in [6.07, 6.45) is 2.31. The Morgan fingerprint density at radius 3 is 2.70 bits per heavy atom. The Hall–Kier alpha value is -2.80. The van der Waals surface area contributed by atoms with Gasteiger partial charge in [-0.25, -0.2) is 4.39 Å². The molecule has 7 heteroatoms. The van der Waals surface area contributed by atoms with Crippen LogP contribution in [0.15, 0.2) is 41.4 Å². The first-order valence-electron chi connectivity index (χ1n) is 10.2. The summed E-state index contributed by atoms with van der Waals surface area (Å²) < 4.78 is 30.5. The predicted octanol–water partition coefficient (Wildman–Crippen LogP) is 3.57. The Kier molecular flexibility index (Phi) is 7.90. The molecule has 6 nitrogen and oxygen atoms in total. The minimum atomic E-state index is -0.382. The average molecular weight is 416 g/mol. The normalized spacial score (nSPS) is 16.4. The third-order valence-corrected chi connectivity index (χ3v) is 5.02. The van der Waals surface area contributed by atoms with Crippen molar-refractivity contribution in [3.63, 3.8) is 0 Å². The van der Waals surface area contributed by atoms with Crippen LogP contribution in [0.25, 0.3) is 0 Å². The number of rotatable bonds is 8. The van der Waals surface area contributed by atoms with Crippen LogP contribution in [0.1, 0.15) is 29.5 Å². The SMILES string of the molecule is CN=C(NCc1ccc(OC)c(F)c1)NCc1ccc(C)cc1OCC1CCCO1. The lowest BCUT2D eigenvalue weighted by molar-refractivity contribution is 0.0676. The van der Waals surface area contributed by atoms with E-state index in [9.17, 15) is 4.39 Å². The molecule has 2 N–H and O–H groups in total. The average Bonchev–Trinajstić information content (AvgIpc) is 3.27. The van der Waals surface area contributed by atoms with Gasteiger partial charge in [-0.3, -0.25) is 4.99 Å². The zero-order valence-corrected chi connectivity index (χ0v) is 17.8. The molecule has 2 aromatic rings. The van der Waals surface area contributed by atoms with Crippen molar-refractivity contribution in [3.8, 4) is 11.5 Å². The summed E-state index contributed by atoms with van der Waals surface area (Å²) in [4.78, 5) is 4.25. The Morgan fingerprint density at radius 1 is 1.17 bits per heavy atom. The molecule has 2 aromatic carbocycles. The number of ether oxygens (including phenoxy) is 3. The van der Waals surface area contributed by atoms with Gasteiger partial charge in [-0.1, -0.05) is 18.2 Å². The Balaban J connectivity index is 1.55. The molecule has 1 aliphatic heterocycles. The van der Waals surface area contributed by atoms with Gasteiger partial charge in [-0.2, -0.15) is 0 Å². The number of guanidine groups is 1. The van der Waals surface area contributed by atoms with E-state index >= 15 is 0 Å². The molecule has 0 bridgehead atoms. The molecule has 162 valence electrons. The van der Waals surface area contributed by atoms with Gasteiger partial charge in [0.05, 0.1) is 13.2 Å². The van der Waals surface area contributed by atoms with Crippen LogP contribution in [0, 0.1) is 12.7 Å². The molecular formula is C23H30FN3O3. The molecule has 1 heterocycles. The second-order valence-electron chi connectivity index (χ2n) is 7.31. The number of aliphatic imine (C=N–C) groups is 1. The van der Waals surface area contributed by atoms with Crippen molar-refractivity contribution in [3.05, 3.63) is 58.9 Å². The summed E-state index contributed by atoms with van der Waals surface area (Å²) in [5, 5.41) is 6.49. The molecule has 1 saturated heterocycles. The monoisotopic (exact) mass is 415 g/mol. The lowest BCUT2D eigenvalue weighted by Crippen LogP contribution is -2.36. The van der Waals surface area contributed by atoms with E-state index in [2.05, 4.69) is 27.8 Å². The van der Waals surface area contributed by atoms with Crippen molar-refractivity contribution in [2.24, 2.45) is 4.99 Å². The number of nitrogens with zero attached hydrogens (tertiary/aromatic N) is 1. The highest BCUT2D eigenvalue weighted by atomic mass is 19.1. The van der Waals surface area contributed by atoms with E-state index in [1.807, 2.05) is 19.1 Å². The van der Waals surface area contributed by atoms with Gasteiger partial charge in [-0.15, -0.1) is 0 Å². The number of halogens is 1. The topological polar surface area (TPSA) is 64.1 Å². The van der Waals surface area contributed by atoms with E-state index in [4.69, 9.17) is 14.2 Å². The summed E-state index contributed by atoms with van der Waals surface area (Å²) in [6.45, 7) is 4.42. The highest BCUT2D eigenvalue weighted by Crippen LogP contribution is 2.22. The van der Waals surface area contributed by atoms with E-state index < -0.39 is 0 Å². The molecule has 3 rings (SSSR count). The molecule has 0 aliphatic carbocycles. The van der Waals surface area contributed by atoms with Crippen LogP contribution in [0.2, 0.25) is 0 Å². The maximum atomic E-state index is 13.9. The third kappa shape index (κ3) is 6.10. The van der Waals surface area contributed by atoms with Gasteiger partial charge in [-0.05, 0) is 49.1 Å². The van der Waals surface area contributed by atoms with E-state index in [1.54, 1.807) is 13.1 Å². The largest absolute Gasteiger partial charge is 0.494 e. The standard InChI is InChI=1S/C23H30FN3O3/c1-16-6-8-18(22(11-16)30-15-19-5-4-10-29-19)14-27-23(25-2)26-13-17-7-9-21(28-3)20(24)12-17/h6-9,11-12,19H,4-5,10,13-15H2,1-3H3,(H2,25,26,27). The predicted molar refractivity (Wildman–Crippen MR) is 116 cm³/mol. The fourth-order valence-electron chi connectivity index (χ4n) is 3.31. The van der Waals surface area contributed by atoms with Gasteiger partial charge >= 0.3 is 0 Å². The smallest absolute Gasteiger partial charge is 0.191 e. The first-order chi connectivity index (χ1) is 14.6. The summed E-state index contributed by atoms with van der Waals surface area (Å²) in [7, 11) is 3.15. The van der Waals surface area contributed by atoms with Gasteiger partial charge in [0.1, 0.15) is 12.4 Å². The van der Waals surface area contributed by atoms with Crippen LogP contribution in [0.3, 0.4) is 0 Å². The minimum Gasteiger partial charge on any atom is -0.494 e. The van der Waals surface area contributed by atoms with Crippen LogP contribution < -0.4 is 20.1 Å². The molecule has 0 amide bonds. The minimum absolute atomic E-state index is 0.172. The van der Waals surface area contributed by atoms with Gasteiger partial charge in [0.15, 0.2) is 17.5 Å². The molecular weight excluding hydrogens is 385 g/mol. The molecule has 0 spiro atoms. The Bertz CT molecular complexity index is 867. The van der Waals surface area contributed by atoms with E-state index in [0.717, 1.165) is 41.9 Å². The fourth-order valence-corrected chi connectivity index (χ4v) is 3.31. The van der Waals surface area contributed by atoms with Crippen molar-refractivity contribution in [1.82, 2.24) is 10.6 Å². The van der Waals surface area contributed by atoms with Crippen LogP contribution in [-0.2, 0) is 17.8 Å².